The second-order valence-electron chi connectivity index (χ2n) is 13.8. The molecule has 0 aliphatic carbocycles. The van der Waals surface area contributed by atoms with Crippen molar-refractivity contribution in [1.82, 2.24) is 9.88 Å². The van der Waals surface area contributed by atoms with Gasteiger partial charge in [-0.3, -0.25) is 4.79 Å². The molecule has 3 heterocycles. The number of hydrogen-bond donors (Lipinski definition) is 0. The minimum atomic E-state index is -3.08. The zero-order chi connectivity index (χ0) is 34.6. The Bertz CT molecular complexity index is 1840. The molecular weight excluding hydrogens is 625 g/mol. The van der Waals surface area contributed by atoms with E-state index in [0.29, 0.717) is 48.4 Å². The van der Waals surface area contributed by atoms with Crippen molar-refractivity contribution in [3.05, 3.63) is 88.5 Å². The lowest BCUT2D eigenvalue weighted by Gasteiger charge is -2.37. The SMILES string of the molecule is [C-]#[N+]c1ccccc1N1CCC(Cc2nc(C(=O)N3CCN(c4ccccc4[S@@](C)(=O)=NC(=O)OC(C)(C)C)CC3)c(C)cc2C)CC1. The summed E-state index contributed by atoms with van der Waals surface area (Å²) in [7, 11) is -3.08. The van der Waals surface area contributed by atoms with Gasteiger partial charge in [-0.15, -0.1) is 4.36 Å². The first-order valence-corrected chi connectivity index (χ1v) is 18.4. The first-order valence-electron chi connectivity index (χ1n) is 16.5. The molecule has 10 nitrogen and oxygen atoms in total. The Morgan fingerprint density at radius 3 is 2.19 bits per heavy atom. The minimum Gasteiger partial charge on any atom is -0.442 e. The fraction of sp³-hybridized carbons (Fsp3) is 0.459. The molecule has 2 aliphatic rings. The van der Waals surface area contributed by atoms with Crippen LogP contribution in [-0.4, -0.2) is 77.2 Å². The van der Waals surface area contributed by atoms with Crippen LogP contribution in [0.1, 0.15) is 60.9 Å². The molecule has 0 N–H and O–H groups in total. The van der Waals surface area contributed by atoms with Crippen LogP contribution in [0.25, 0.3) is 4.85 Å². The van der Waals surface area contributed by atoms with Crippen LogP contribution in [0.5, 0.6) is 0 Å². The highest BCUT2D eigenvalue weighted by molar-refractivity contribution is 7.93. The number of pyridine rings is 1. The molecule has 0 saturated carbocycles. The maximum absolute atomic E-state index is 13.8. The van der Waals surface area contributed by atoms with E-state index < -0.39 is 21.4 Å². The lowest BCUT2D eigenvalue weighted by Crippen LogP contribution is -2.49. The van der Waals surface area contributed by atoms with Gasteiger partial charge in [0.1, 0.15) is 11.3 Å². The van der Waals surface area contributed by atoms with Crippen LogP contribution in [0.2, 0.25) is 0 Å². The summed E-state index contributed by atoms with van der Waals surface area (Å²) in [5.74, 6) is 0.379. The van der Waals surface area contributed by atoms with Crippen LogP contribution in [0.3, 0.4) is 0 Å². The summed E-state index contributed by atoms with van der Waals surface area (Å²) in [5.41, 5.74) is 5.14. The highest BCUT2D eigenvalue weighted by Gasteiger charge is 2.29. The highest BCUT2D eigenvalue weighted by atomic mass is 32.2. The zero-order valence-electron chi connectivity index (χ0n) is 28.9. The lowest BCUT2D eigenvalue weighted by molar-refractivity contribution is 0.0607. The van der Waals surface area contributed by atoms with Gasteiger partial charge < -0.3 is 19.4 Å². The van der Waals surface area contributed by atoms with E-state index in [9.17, 15) is 13.8 Å². The van der Waals surface area contributed by atoms with Crippen molar-refractivity contribution in [2.24, 2.45) is 10.3 Å². The number of benzene rings is 2. The van der Waals surface area contributed by atoms with E-state index >= 15 is 0 Å². The Morgan fingerprint density at radius 2 is 1.54 bits per heavy atom. The standard InChI is InChI=1S/C37H46N6O4S/c1-26-24-27(2)34(39-30(26)25-28-16-18-41(19-17-28)31-13-9-8-12-29(31)38-6)35(44)43-22-20-42(21-23-43)32-14-10-11-15-33(32)48(7,46)40-36(45)47-37(3,4)5/h8-15,24,28H,16-23,25H2,1-5,7H3/t48-/m1/s1. The molecule has 11 heteroatoms. The molecule has 2 aromatic carbocycles. The van der Waals surface area contributed by atoms with E-state index in [-0.39, 0.29) is 5.91 Å². The number of carbonyl (C=O) groups excluding carboxylic acids is 2. The number of hydrogen-bond acceptors (Lipinski definition) is 7. The fourth-order valence-electron chi connectivity index (χ4n) is 6.50. The van der Waals surface area contributed by atoms with Crippen LogP contribution in [0.15, 0.2) is 63.9 Å². The number of ether oxygens (including phenoxy) is 1. The number of aryl methyl sites for hydroxylation is 2. The molecule has 1 aromatic heterocycles. The molecule has 48 heavy (non-hydrogen) atoms. The fourth-order valence-corrected chi connectivity index (χ4v) is 7.84. The molecule has 2 fully saturated rings. The third-order valence-corrected chi connectivity index (χ3v) is 10.6. The number of anilines is 2. The predicted octanol–water partition coefficient (Wildman–Crippen LogP) is 7.06. The quantitative estimate of drug-likeness (QED) is 0.259. The maximum atomic E-state index is 13.8. The molecular formula is C37H46N6O4S. The van der Waals surface area contributed by atoms with Gasteiger partial charge in [0.2, 0.25) is 5.69 Å². The van der Waals surface area contributed by atoms with Gasteiger partial charge in [0.05, 0.1) is 26.9 Å². The molecule has 1 atom stereocenters. The summed E-state index contributed by atoms with van der Waals surface area (Å²) in [6.07, 6.45) is 3.43. The van der Waals surface area contributed by atoms with Crippen LogP contribution in [0, 0.1) is 26.3 Å². The number of nitrogens with zero attached hydrogens (tertiary/aromatic N) is 6. The summed E-state index contributed by atoms with van der Waals surface area (Å²) in [6, 6.07) is 17.2. The molecule has 0 radical (unpaired) electrons. The Labute approximate surface area is 285 Å². The average Bonchev–Trinajstić information content (AvgIpc) is 3.05. The molecule has 5 rings (SSSR count). The van der Waals surface area contributed by atoms with Gasteiger partial charge in [0, 0.05) is 56.9 Å². The third kappa shape index (κ3) is 8.16. The molecule has 254 valence electrons. The third-order valence-electron chi connectivity index (χ3n) is 8.97. The van der Waals surface area contributed by atoms with Gasteiger partial charge >= 0.3 is 6.09 Å². The van der Waals surface area contributed by atoms with E-state index in [0.717, 1.165) is 60.5 Å². The van der Waals surface area contributed by atoms with Gasteiger partial charge in [-0.1, -0.05) is 36.4 Å². The molecule has 3 aromatic rings. The molecule has 0 spiro atoms. The normalized spacial score (nSPS) is 17.0. The summed E-state index contributed by atoms with van der Waals surface area (Å²) < 4.78 is 22.9. The second-order valence-corrected chi connectivity index (χ2v) is 16.0. The number of rotatable bonds is 6. The summed E-state index contributed by atoms with van der Waals surface area (Å²) in [6.45, 7) is 20.6. The number of aromatic nitrogens is 1. The minimum absolute atomic E-state index is 0.0773. The predicted molar refractivity (Wildman–Crippen MR) is 191 cm³/mol. The molecule has 2 aliphatic heterocycles. The van der Waals surface area contributed by atoms with Crippen molar-refractivity contribution in [3.8, 4) is 0 Å². The number of amides is 2. The smallest absolute Gasteiger partial charge is 0.442 e. The van der Waals surface area contributed by atoms with Crippen LogP contribution >= 0.6 is 0 Å². The van der Waals surface area contributed by atoms with Crippen molar-refractivity contribution in [3.63, 3.8) is 0 Å². The van der Waals surface area contributed by atoms with Gasteiger partial charge in [-0.05, 0) is 89.1 Å². The summed E-state index contributed by atoms with van der Waals surface area (Å²) >= 11 is 0. The van der Waals surface area contributed by atoms with Crippen molar-refractivity contribution < 1.29 is 18.5 Å². The molecule has 2 amide bonds. The summed E-state index contributed by atoms with van der Waals surface area (Å²) in [4.78, 5) is 41.6. The van der Waals surface area contributed by atoms with Crippen molar-refractivity contribution in [2.75, 3.05) is 55.3 Å². The van der Waals surface area contributed by atoms with E-state index in [4.69, 9.17) is 16.3 Å². The Kier molecular flexibility index (Phi) is 10.4. The topological polar surface area (TPSA) is 99.8 Å². The average molecular weight is 671 g/mol. The van der Waals surface area contributed by atoms with Crippen LogP contribution in [0.4, 0.5) is 21.9 Å². The van der Waals surface area contributed by atoms with Crippen LogP contribution in [-0.2, 0) is 20.9 Å². The number of para-hydroxylation sites is 3. The van der Waals surface area contributed by atoms with Crippen molar-refractivity contribution >= 4 is 38.8 Å². The van der Waals surface area contributed by atoms with Gasteiger partial charge in [-0.2, -0.15) is 0 Å². The largest absolute Gasteiger partial charge is 0.442 e. The Hall–Kier alpha value is -4.43. The van der Waals surface area contributed by atoms with Crippen molar-refractivity contribution in [1.29, 1.82) is 0 Å². The number of carbonyl (C=O) groups is 2. The van der Waals surface area contributed by atoms with Gasteiger partial charge in [-0.25, -0.2) is 18.8 Å². The van der Waals surface area contributed by atoms with Crippen LogP contribution < -0.4 is 9.80 Å². The second kappa shape index (κ2) is 14.4. The number of piperazine rings is 1. The first kappa shape index (κ1) is 34.9. The van der Waals surface area contributed by atoms with Gasteiger partial charge in [0.15, 0.2) is 0 Å². The Balaban J connectivity index is 1.24. The Morgan fingerprint density at radius 1 is 0.938 bits per heavy atom. The molecule has 2 saturated heterocycles. The van der Waals surface area contributed by atoms with Crippen molar-refractivity contribution in [2.45, 2.75) is 64.4 Å². The zero-order valence-corrected chi connectivity index (χ0v) is 29.7. The highest BCUT2D eigenvalue weighted by Crippen LogP contribution is 2.33. The monoisotopic (exact) mass is 670 g/mol. The number of piperidine rings is 1. The molecule has 0 unspecified atom stereocenters. The first-order chi connectivity index (χ1) is 22.8. The van der Waals surface area contributed by atoms with E-state index in [1.807, 2.05) is 48.2 Å². The molecule has 0 bridgehead atoms. The summed E-state index contributed by atoms with van der Waals surface area (Å²) in [5, 5.41) is 0. The maximum Gasteiger partial charge on any atom is 0.442 e. The van der Waals surface area contributed by atoms with E-state index in [1.165, 1.54) is 6.26 Å². The van der Waals surface area contributed by atoms with E-state index in [1.54, 1.807) is 32.9 Å². The lowest BCUT2D eigenvalue weighted by atomic mass is 9.90. The van der Waals surface area contributed by atoms with Gasteiger partial charge in [0.25, 0.3) is 5.91 Å². The van der Waals surface area contributed by atoms with E-state index in [2.05, 4.69) is 32.0 Å².